The average Bonchev–Trinajstić information content (AvgIpc) is 3.17. The number of aliphatic carboxylic acids is 1. The van der Waals surface area contributed by atoms with Crippen LogP contribution in [-0.4, -0.2) is 69.6 Å². The molecule has 0 aliphatic rings. The average molecular weight is 809 g/mol. The van der Waals surface area contributed by atoms with Gasteiger partial charge in [-0.1, -0.05) is 100 Å². The Morgan fingerprint density at radius 2 is 1.59 bits per heavy atom. The first-order valence-corrected chi connectivity index (χ1v) is 20.0. The summed E-state index contributed by atoms with van der Waals surface area (Å²) in [6.45, 7) is 6.35. The minimum atomic E-state index is -1.34. The molecule has 3 aromatic carbocycles. The maximum atomic E-state index is 14.3. The number of amides is 1. The van der Waals surface area contributed by atoms with Crippen molar-refractivity contribution in [2.75, 3.05) is 36.5 Å². The Bertz CT molecular complexity index is 2080. The Balaban J connectivity index is 1.64. The number of carboxylic acid groups (broad SMARTS) is 1. The zero-order valence-corrected chi connectivity index (χ0v) is 33.8. The molecule has 14 heteroatoms. The Morgan fingerprint density at radius 1 is 0.911 bits per heavy atom. The van der Waals surface area contributed by atoms with E-state index in [2.05, 4.69) is 22.2 Å². The summed E-state index contributed by atoms with van der Waals surface area (Å²) in [5, 5.41) is 22.2. The number of unbranched alkanes of at least 4 members (excludes halogenated alkanes) is 9. The summed E-state index contributed by atoms with van der Waals surface area (Å²) in [7, 11) is 0. The quantitative estimate of drug-likeness (QED) is 0.0400. The van der Waals surface area contributed by atoms with Gasteiger partial charge in [-0.05, 0) is 68.3 Å². The lowest BCUT2D eigenvalue weighted by Gasteiger charge is -2.22. The van der Waals surface area contributed by atoms with Crippen LogP contribution in [0, 0.1) is 6.92 Å². The van der Waals surface area contributed by atoms with E-state index < -0.39 is 29.9 Å². The molecule has 12 nitrogen and oxygen atoms in total. The second kappa shape index (κ2) is 22.1. The molecule has 0 unspecified atom stereocenters. The smallest absolute Gasteiger partial charge is 0.339 e. The van der Waals surface area contributed by atoms with Crippen LogP contribution in [0.2, 0.25) is 10.0 Å². The summed E-state index contributed by atoms with van der Waals surface area (Å²) < 4.78 is 6.40. The van der Waals surface area contributed by atoms with Crippen molar-refractivity contribution in [3.05, 3.63) is 91.9 Å². The van der Waals surface area contributed by atoms with Gasteiger partial charge in [-0.2, -0.15) is 0 Å². The molecule has 300 valence electrons. The third-order valence-corrected chi connectivity index (χ3v) is 9.99. The Hall–Kier alpha value is -4.78. The van der Waals surface area contributed by atoms with Crippen molar-refractivity contribution in [2.45, 2.75) is 91.5 Å². The molecular formula is C42H51Cl2N5O7. The fourth-order valence-corrected chi connectivity index (χ4v) is 6.83. The minimum Gasteiger partial charge on any atom is -0.480 e. The van der Waals surface area contributed by atoms with Gasteiger partial charge in [0.05, 0.1) is 51.1 Å². The number of aryl methyl sites for hydroxylation is 1. The maximum absolute atomic E-state index is 14.3. The first-order chi connectivity index (χ1) is 27.0. The number of fused-ring (bicyclic) bond motifs is 1. The molecular weight excluding hydrogens is 757 g/mol. The zero-order valence-electron chi connectivity index (χ0n) is 32.3. The molecule has 0 spiro atoms. The van der Waals surface area contributed by atoms with E-state index in [0.29, 0.717) is 30.8 Å². The number of likely N-dealkylation sites (N-methyl/N-ethyl adjacent to an activating group) is 1. The molecule has 0 saturated carbocycles. The third kappa shape index (κ3) is 12.1. The van der Waals surface area contributed by atoms with E-state index in [-0.39, 0.29) is 56.9 Å². The van der Waals surface area contributed by atoms with E-state index in [1.165, 1.54) is 56.7 Å². The Morgan fingerprint density at radius 3 is 2.23 bits per heavy atom. The van der Waals surface area contributed by atoms with Crippen LogP contribution in [0.3, 0.4) is 0 Å². The lowest BCUT2D eigenvalue weighted by molar-refractivity contribution is -0.137. The number of hydrogen-bond donors (Lipinski definition) is 3. The van der Waals surface area contributed by atoms with Crippen molar-refractivity contribution in [1.82, 2.24) is 9.55 Å². The van der Waals surface area contributed by atoms with E-state index in [4.69, 9.17) is 27.9 Å². The Kier molecular flexibility index (Phi) is 17.3. The first kappa shape index (κ1) is 43.9. The van der Waals surface area contributed by atoms with Crippen molar-refractivity contribution in [3.63, 3.8) is 0 Å². The molecule has 0 saturated heterocycles. The van der Waals surface area contributed by atoms with Gasteiger partial charge in [0.1, 0.15) is 6.54 Å². The van der Waals surface area contributed by atoms with Crippen LogP contribution in [0.5, 0.6) is 0 Å². The van der Waals surface area contributed by atoms with E-state index >= 15 is 0 Å². The van der Waals surface area contributed by atoms with Gasteiger partial charge in [0.25, 0.3) is 11.5 Å². The molecule has 0 atom stereocenters. The van der Waals surface area contributed by atoms with Crippen LogP contribution in [-0.2, 0) is 20.9 Å². The standard InChI is InChI=1S/C42H51Cl2N5O7/c1-4-6-7-8-9-10-11-12-13-16-23-56-42(55)31-25-36(33(44)26-32(31)43)47-40(53)38(45-34-20-19-29(24-28(34)3)48(5-2)21-22-50)39-46-35-18-15-14-17-30(35)41(54)49(39)27-37(51)52/h14-15,17-20,24-26,50H,4-13,16,21-23,27H2,1-3H3,(H,47,53)(H,51,52). The lowest BCUT2D eigenvalue weighted by atomic mass is 10.1. The van der Waals surface area contributed by atoms with Crippen LogP contribution >= 0.6 is 23.2 Å². The number of para-hydroxylation sites is 1. The molecule has 0 radical (unpaired) electrons. The van der Waals surface area contributed by atoms with Crippen molar-refractivity contribution >= 4 is 74.7 Å². The van der Waals surface area contributed by atoms with E-state index in [1.54, 1.807) is 37.3 Å². The highest BCUT2D eigenvalue weighted by atomic mass is 35.5. The van der Waals surface area contributed by atoms with Crippen LogP contribution in [0.15, 0.2) is 64.4 Å². The number of nitrogens with zero attached hydrogens (tertiary/aromatic N) is 4. The predicted octanol–water partition coefficient (Wildman–Crippen LogP) is 8.75. The molecule has 1 heterocycles. The van der Waals surface area contributed by atoms with Gasteiger partial charge in [-0.25, -0.2) is 14.8 Å². The number of anilines is 2. The van der Waals surface area contributed by atoms with Gasteiger partial charge >= 0.3 is 11.9 Å². The summed E-state index contributed by atoms with van der Waals surface area (Å²) in [6, 6.07) is 14.3. The number of benzene rings is 3. The van der Waals surface area contributed by atoms with Crippen LogP contribution in [0.4, 0.5) is 17.1 Å². The number of carbonyl (C=O) groups is 3. The topological polar surface area (TPSA) is 163 Å². The fraction of sp³-hybridized carbons (Fsp3) is 0.429. The van der Waals surface area contributed by atoms with Crippen LogP contribution < -0.4 is 15.8 Å². The number of carbonyl (C=O) groups excluding carboxylic acids is 2. The number of hydrogen-bond acceptors (Lipinski definition) is 9. The van der Waals surface area contributed by atoms with Crippen LogP contribution in [0.25, 0.3) is 10.9 Å². The second-order valence-electron chi connectivity index (χ2n) is 13.6. The molecule has 4 aromatic rings. The van der Waals surface area contributed by atoms with Crippen LogP contribution in [0.1, 0.15) is 99.8 Å². The predicted molar refractivity (Wildman–Crippen MR) is 223 cm³/mol. The van der Waals surface area contributed by atoms with E-state index in [0.717, 1.165) is 29.5 Å². The van der Waals surface area contributed by atoms with Gasteiger partial charge in [0, 0.05) is 18.8 Å². The molecule has 4 rings (SSSR count). The van der Waals surface area contributed by atoms with Gasteiger partial charge in [0.15, 0.2) is 11.5 Å². The van der Waals surface area contributed by atoms with E-state index in [9.17, 15) is 29.4 Å². The van der Waals surface area contributed by atoms with Crippen molar-refractivity contribution in [3.8, 4) is 0 Å². The summed E-state index contributed by atoms with van der Waals surface area (Å²) in [5.74, 6) is -3.21. The highest BCUT2D eigenvalue weighted by Gasteiger charge is 2.26. The monoisotopic (exact) mass is 807 g/mol. The van der Waals surface area contributed by atoms with Crippen molar-refractivity contribution < 1.29 is 29.3 Å². The van der Waals surface area contributed by atoms with Gasteiger partial charge in [-0.3, -0.25) is 19.0 Å². The highest BCUT2D eigenvalue weighted by molar-refractivity contribution is 6.49. The largest absolute Gasteiger partial charge is 0.480 e. The number of esters is 1. The molecule has 56 heavy (non-hydrogen) atoms. The molecule has 0 bridgehead atoms. The summed E-state index contributed by atoms with van der Waals surface area (Å²) in [5.41, 5.74) is 0.942. The summed E-state index contributed by atoms with van der Waals surface area (Å²) in [6.07, 6.45) is 11.4. The molecule has 1 aromatic heterocycles. The second-order valence-corrected chi connectivity index (χ2v) is 14.4. The van der Waals surface area contributed by atoms with Gasteiger partial charge < -0.3 is 25.2 Å². The molecule has 3 N–H and O–H groups in total. The number of carboxylic acids is 1. The van der Waals surface area contributed by atoms with Crippen molar-refractivity contribution in [1.29, 1.82) is 0 Å². The number of nitrogens with one attached hydrogen (secondary N) is 1. The van der Waals surface area contributed by atoms with Gasteiger partial charge in [-0.15, -0.1) is 0 Å². The number of ether oxygens (including phenoxy) is 1. The summed E-state index contributed by atoms with van der Waals surface area (Å²) in [4.78, 5) is 64.4. The number of halogens is 2. The number of aliphatic imine (C=N–C) groups is 1. The summed E-state index contributed by atoms with van der Waals surface area (Å²) >= 11 is 13.0. The molecule has 0 aliphatic heterocycles. The molecule has 0 fully saturated rings. The maximum Gasteiger partial charge on any atom is 0.339 e. The Labute approximate surface area is 337 Å². The minimum absolute atomic E-state index is 0.00207. The third-order valence-electron chi connectivity index (χ3n) is 9.37. The lowest BCUT2D eigenvalue weighted by Crippen LogP contribution is -2.35. The normalized spacial score (nSPS) is 11.5. The number of aromatic nitrogens is 2. The molecule has 0 aliphatic carbocycles. The number of aliphatic hydroxyl groups excluding tert-OH is 1. The first-order valence-electron chi connectivity index (χ1n) is 19.2. The molecule has 1 amide bonds. The SMILES string of the molecule is CCCCCCCCCCCCOC(=O)c1cc(NC(=O)C(=Nc2ccc(N(CC)CCO)cc2C)c2nc3ccccc3c(=O)n2CC(=O)O)c(Cl)cc1Cl. The number of aliphatic hydroxyl groups is 1. The highest BCUT2D eigenvalue weighted by Crippen LogP contribution is 2.31. The zero-order chi connectivity index (χ0) is 40.6. The number of rotatable bonds is 22. The van der Waals surface area contributed by atoms with Crippen molar-refractivity contribution in [2.24, 2.45) is 4.99 Å². The van der Waals surface area contributed by atoms with E-state index in [1.807, 2.05) is 17.9 Å². The van der Waals surface area contributed by atoms with Gasteiger partial charge in [0.2, 0.25) is 0 Å². The fourth-order valence-electron chi connectivity index (χ4n) is 6.32.